The van der Waals surface area contributed by atoms with Gasteiger partial charge in [0.25, 0.3) is 5.91 Å². The minimum absolute atomic E-state index is 0.0281. The molecule has 0 spiro atoms. The third kappa shape index (κ3) is 4.63. The van der Waals surface area contributed by atoms with Crippen LogP contribution in [-0.2, 0) is 17.6 Å². The molecule has 176 valence electrons. The Kier molecular flexibility index (Phi) is 6.01. The number of pyridine rings is 2. The van der Waals surface area contributed by atoms with Crippen LogP contribution in [0, 0.1) is 0 Å². The molecule has 0 bridgehead atoms. The minimum atomic E-state index is -0.167. The van der Waals surface area contributed by atoms with E-state index in [0.29, 0.717) is 11.4 Å². The summed E-state index contributed by atoms with van der Waals surface area (Å²) in [6, 6.07) is 17.1. The molecule has 0 saturated carbocycles. The van der Waals surface area contributed by atoms with Crippen molar-refractivity contribution in [1.82, 2.24) is 19.9 Å². The largest absolute Gasteiger partial charge is 0.356 e. The van der Waals surface area contributed by atoms with Crippen LogP contribution < -0.4 is 10.6 Å². The summed E-state index contributed by atoms with van der Waals surface area (Å²) in [5.41, 5.74) is 5.60. The fourth-order valence-electron chi connectivity index (χ4n) is 4.28. The van der Waals surface area contributed by atoms with Gasteiger partial charge in [-0.05, 0) is 48.9 Å². The number of H-pyrrole nitrogens is 1. The first kappa shape index (κ1) is 22.3. The summed E-state index contributed by atoms with van der Waals surface area (Å²) < 4.78 is 0. The molecule has 3 N–H and O–H groups in total. The number of amides is 2. The van der Waals surface area contributed by atoms with Crippen molar-refractivity contribution in [3.05, 3.63) is 90.0 Å². The third-order valence-electron chi connectivity index (χ3n) is 6.25. The van der Waals surface area contributed by atoms with Crippen LogP contribution in [0.25, 0.3) is 11.3 Å². The fourth-order valence-corrected chi connectivity index (χ4v) is 4.28. The highest BCUT2D eigenvalue weighted by molar-refractivity contribution is 6.06. The van der Waals surface area contributed by atoms with Gasteiger partial charge >= 0.3 is 0 Å². The third-order valence-corrected chi connectivity index (χ3v) is 6.25. The lowest BCUT2D eigenvalue weighted by Crippen LogP contribution is -2.41. The number of likely N-dealkylation sites (N-methyl/N-ethyl adjacent to an activating group) is 1. The Hall–Kier alpha value is -4.46. The topological polar surface area (TPSA) is 103 Å². The van der Waals surface area contributed by atoms with E-state index in [4.69, 9.17) is 0 Å². The minimum Gasteiger partial charge on any atom is -0.356 e. The van der Waals surface area contributed by atoms with Gasteiger partial charge in [-0.3, -0.25) is 14.6 Å². The van der Waals surface area contributed by atoms with Crippen LogP contribution in [0.15, 0.2) is 73.2 Å². The maximum atomic E-state index is 13.3. The maximum Gasteiger partial charge on any atom is 0.257 e. The Balaban J connectivity index is 1.49. The molecule has 8 heteroatoms. The summed E-state index contributed by atoms with van der Waals surface area (Å²) in [6.07, 6.45) is 5.93. The molecule has 4 aromatic rings. The van der Waals surface area contributed by atoms with E-state index < -0.39 is 0 Å². The first-order valence-corrected chi connectivity index (χ1v) is 11.5. The van der Waals surface area contributed by atoms with E-state index in [9.17, 15) is 9.59 Å². The van der Waals surface area contributed by atoms with Gasteiger partial charge in [-0.15, -0.1) is 0 Å². The van der Waals surface area contributed by atoms with E-state index in [-0.39, 0.29) is 24.3 Å². The number of nitrogens with one attached hydrogen (secondary N) is 3. The molecule has 1 atom stereocenters. The molecule has 2 amide bonds. The number of fused-ring (bicyclic) bond motifs is 1. The van der Waals surface area contributed by atoms with E-state index in [1.165, 1.54) is 0 Å². The van der Waals surface area contributed by atoms with Gasteiger partial charge in [-0.2, -0.15) is 0 Å². The highest BCUT2D eigenvalue weighted by atomic mass is 16.2. The number of nitrogens with zero attached hydrogens (tertiary/aromatic N) is 3. The second-order valence-corrected chi connectivity index (χ2v) is 8.70. The molecule has 3 aromatic heterocycles. The van der Waals surface area contributed by atoms with Crippen molar-refractivity contribution in [2.75, 3.05) is 17.7 Å². The summed E-state index contributed by atoms with van der Waals surface area (Å²) in [5.74, 6) is 0.246. The molecule has 0 saturated heterocycles. The molecule has 35 heavy (non-hydrogen) atoms. The summed E-state index contributed by atoms with van der Waals surface area (Å²) in [6.45, 7) is 2.04. The Morgan fingerprint density at radius 3 is 2.66 bits per heavy atom. The van der Waals surface area contributed by atoms with Crippen molar-refractivity contribution >= 4 is 29.0 Å². The lowest BCUT2D eigenvalue weighted by atomic mass is 9.99. The van der Waals surface area contributed by atoms with E-state index in [2.05, 4.69) is 25.6 Å². The Bertz CT molecular complexity index is 1370. The quantitative estimate of drug-likeness (QED) is 0.391. The number of rotatable bonds is 6. The van der Waals surface area contributed by atoms with E-state index in [1.807, 2.05) is 68.6 Å². The van der Waals surface area contributed by atoms with Crippen LogP contribution in [-0.4, -0.2) is 44.8 Å². The van der Waals surface area contributed by atoms with Gasteiger partial charge in [-0.1, -0.05) is 18.2 Å². The number of carbonyl (C=O) groups is 2. The number of aromatic nitrogens is 3. The monoisotopic (exact) mass is 466 g/mol. The molecular weight excluding hydrogens is 440 g/mol. The van der Waals surface area contributed by atoms with Crippen LogP contribution in [0.2, 0.25) is 0 Å². The van der Waals surface area contributed by atoms with Gasteiger partial charge in [0, 0.05) is 55.0 Å². The van der Waals surface area contributed by atoms with Crippen molar-refractivity contribution < 1.29 is 9.59 Å². The number of hydrogen-bond acceptors (Lipinski definition) is 5. The van der Waals surface area contributed by atoms with Crippen molar-refractivity contribution in [3.8, 4) is 11.3 Å². The SMILES string of the molecule is CC1Cc2[nH]c(-c3ccnc(NC(=O)Cc4ccncc4)c3)c(Nc3ccccc3)c2C(=O)N1C. The van der Waals surface area contributed by atoms with Gasteiger partial charge in [0.2, 0.25) is 5.91 Å². The van der Waals surface area contributed by atoms with Crippen LogP contribution in [0.5, 0.6) is 0 Å². The van der Waals surface area contributed by atoms with Crippen molar-refractivity contribution in [2.45, 2.75) is 25.8 Å². The molecule has 1 aromatic carbocycles. The normalized spacial score (nSPS) is 15.0. The number of carbonyl (C=O) groups excluding carboxylic acids is 2. The highest BCUT2D eigenvalue weighted by Gasteiger charge is 2.33. The lowest BCUT2D eigenvalue weighted by molar-refractivity contribution is -0.115. The predicted molar refractivity (Wildman–Crippen MR) is 136 cm³/mol. The molecular formula is C27H26N6O2. The lowest BCUT2D eigenvalue weighted by Gasteiger charge is -2.30. The zero-order valence-electron chi connectivity index (χ0n) is 19.6. The summed E-state index contributed by atoms with van der Waals surface area (Å²) >= 11 is 0. The fraction of sp³-hybridized carbons (Fsp3) is 0.185. The number of aromatic amines is 1. The molecule has 4 heterocycles. The molecule has 8 nitrogen and oxygen atoms in total. The summed E-state index contributed by atoms with van der Waals surface area (Å²) in [4.78, 5) is 39.4. The second kappa shape index (κ2) is 9.42. The van der Waals surface area contributed by atoms with Crippen LogP contribution >= 0.6 is 0 Å². The zero-order chi connectivity index (χ0) is 24.4. The Morgan fingerprint density at radius 1 is 1.11 bits per heavy atom. The molecule has 1 aliphatic heterocycles. The van der Waals surface area contributed by atoms with Gasteiger partial charge in [0.05, 0.1) is 23.4 Å². The van der Waals surface area contributed by atoms with E-state index in [0.717, 1.165) is 40.3 Å². The highest BCUT2D eigenvalue weighted by Crippen LogP contribution is 2.39. The molecule has 0 fully saturated rings. The first-order valence-electron chi connectivity index (χ1n) is 11.5. The van der Waals surface area contributed by atoms with Crippen molar-refractivity contribution in [1.29, 1.82) is 0 Å². The maximum absolute atomic E-state index is 13.3. The van der Waals surface area contributed by atoms with Crippen molar-refractivity contribution in [3.63, 3.8) is 0 Å². The van der Waals surface area contributed by atoms with Crippen LogP contribution in [0.1, 0.15) is 28.5 Å². The van der Waals surface area contributed by atoms with Crippen LogP contribution in [0.4, 0.5) is 17.2 Å². The summed E-state index contributed by atoms with van der Waals surface area (Å²) in [7, 11) is 1.83. The molecule has 1 aliphatic rings. The predicted octanol–water partition coefficient (Wildman–Crippen LogP) is 4.41. The molecule has 0 aliphatic carbocycles. The van der Waals surface area contributed by atoms with Gasteiger partial charge in [0.1, 0.15) is 5.82 Å². The zero-order valence-corrected chi connectivity index (χ0v) is 19.6. The van der Waals surface area contributed by atoms with Crippen molar-refractivity contribution in [2.24, 2.45) is 0 Å². The molecule has 5 rings (SSSR count). The van der Waals surface area contributed by atoms with Crippen LogP contribution in [0.3, 0.4) is 0 Å². The van der Waals surface area contributed by atoms with E-state index >= 15 is 0 Å². The number of hydrogen-bond donors (Lipinski definition) is 3. The van der Waals surface area contributed by atoms with E-state index in [1.54, 1.807) is 23.5 Å². The molecule has 0 radical (unpaired) electrons. The van der Waals surface area contributed by atoms with Gasteiger partial charge in [0.15, 0.2) is 0 Å². The second-order valence-electron chi connectivity index (χ2n) is 8.70. The smallest absolute Gasteiger partial charge is 0.257 e. The average Bonchev–Trinajstić information content (AvgIpc) is 3.21. The number of benzene rings is 1. The number of para-hydroxylation sites is 1. The standard InChI is InChI=1S/C27H26N6O2/c1-17-14-21-24(27(35)33(17)2)26(30-20-6-4-3-5-7-20)25(31-21)19-10-13-29-22(16-19)32-23(34)15-18-8-11-28-12-9-18/h3-13,16-17,30-31H,14-15H2,1-2H3,(H,29,32,34). The Morgan fingerprint density at radius 2 is 1.89 bits per heavy atom. The van der Waals surface area contributed by atoms with Gasteiger partial charge < -0.3 is 20.5 Å². The van der Waals surface area contributed by atoms with Gasteiger partial charge in [-0.25, -0.2) is 4.98 Å². The Labute approximate surface area is 203 Å². The average molecular weight is 467 g/mol. The first-order chi connectivity index (χ1) is 17.0. The molecule has 1 unspecified atom stereocenters. The number of anilines is 3. The summed E-state index contributed by atoms with van der Waals surface area (Å²) in [5, 5.41) is 6.32.